The van der Waals surface area contributed by atoms with E-state index in [0.717, 1.165) is 6.42 Å². The Hall–Kier alpha value is -3.56. The van der Waals surface area contributed by atoms with E-state index in [1.54, 1.807) is 24.0 Å². The van der Waals surface area contributed by atoms with E-state index < -0.39 is 0 Å². The van der Waals surface area contributed by atoms with Gasteiger partial charge in [-0.1, -0.05) is 0 Å². The van der Waals surface area contributed by atoms with Crippen LogP contribution in [0.1, 0.15) is 26.2 Å². The van der Waals surface area contributed by atoms with Gasteiger partial charge in [0, 0.05) is 26.1 Å². The van der Waals surface area contributed by atoms with Crippen LogP contribution in [0, 0.1) is 11.7 Å². The molecule has 168 valence electrons. The van der Waals surface area contributed by atoms with Gasteiger partial charge < -0.3 is 9.64 Å². The van der Waals surface area contributed by atoms with Crippen LogP contribution in [0.15, 0.2) is 41.6 Å². The van der Waals surface area contributed by atoms with Crippen LogP contribution in [0.5, 0.6) is 0 Å². The van der Waals surface area contributed by atoms with Crippen LogP contribution in [-0.4, -0.2) is 55.8 Å². The van der Waals surface area contributed by atoms with Crippen LogP contribution in [0.2, 0.25) is 0 Å². The Morgan fingerprint density at radius 1 is 1.25 bits per heavy atom. The molecular formula is C22H24FN5O4. The molecule has 1 amide bonds. The third-order valence-corrected chi connectivity index (χ3v) is 5.59. The Morgan fingerprint density at radius 3 is 2.78 bits per heavy atom. The van der Waals surface area contributed by atoms with Crippen molar-refractivity contribution in [2.75, 3.05) is 19.7 Å². The number of hydrogen-bond acceptors (Lipinski definition) is 6. The second-order valence-electron chi connectivity index (χ2n) is 7.69. The van der Waals surface area contributed by atoms with Crippen LogP contribution >= 0.6 is 0 Å². The van der Waals surface area contributed by atoms with Gasteiger partial charge in [0.25, 0.3) is 5.56 Å². The van der Waals surface area contributed by atoms with Gasteiger partial charge in [-0.15, -0.1) is 0 Å². The van der Waals surface area contributed by atoms with Crippen LogP contribution < -0.4 is 5.56 Å². The van der Waals surface area contributed by atoms with Crippen molar-refractivity contribution in [3.8, 4) is 5.69 Å². The van der Waals surface area contributed by atoms with Gasteiger partial charge >= 0.3 is 5.97 Å². The number of halogens is 1. The first-order chi connectivity index (χ1) is 15.5. The summed E-state index contributed by atoms with van der Waals surface area (Å²) >= 11 is 0. The molecule has 1 fully saturated rings. The minimum absolute atomic E-state index is 0.118. The van der Waals surface area contributed by atoms with E-state index in [4.69, 9.17) is 4.74 Å². The first kappa shape index (κ1) is 21.7. The number of amides is 1. The summed E-state index contributed by atoms with van der Waals surface area (Å²) in [7, 11) is 0. The quantitative estimate of drug-likeness (QED) is 0.542. The second kappa shape index (κ2) is 9.29. The van der Waals surface area contributed by atoms with Crippen molar-refractivity contribution in [1.82, 2.24) is 24.2 Å². The van der Waals surface area contributed by atoms with Crippen molar-refractivity contribution in [2.45, 2.75) is 32.7 Å². The summed E-state index contributed by atoms with van der Waals surface area (Å²) in [5, 5.41) is 4.52. The predicted molar refractivity (Wildman–Crippen MR) is 114 cm³/mol. The van der Waals surface area contributed by atoms with Gasteiger partial charge in [0.15, 0.2) is 5.65 Å². The molecule has 1 saturated heterocycles. The molecule has 9 nitrogen and oxygen atoms in total. The van der Waals surface area contributed by atoms with Gasteiger partial charge in [-0.3, -0.25) is 19.0 Å². The zero-order valence-corrected chi connectivity index (χ0v) is 17.7. The molecule has 1 aliphatic heterocycles. The van der Waals surface area contributed by atoms with Gasteiger partial charge in [-0.05, 0) is 44.0 Å². The number of ether oxygens (including phenoxy) is 1. The Kier molecular flexibility index (Phi) is 6.29. The summed E-state index contributed by atoms with van der Waals surface area (Å²) in [6.45, 7) is 3.18. The molecule has 0 N–H and O–H groups in total. The molecule has 2 aromatic heterocycles. The smallest absolute Gasteiger partial charge is 0.310 e. The first-order valence-electron chi connectivity index (χ1n) is 10.6. The number of esters is 1. The number of likely N-dealkylation sites (tertiary alicyclic amines) is 1. The van der Waals surface area contributed by atoms with E-state index in [-0.39, 0.29) is 42.1 Å². The summed E-state index contributed by atoms with van der Waals surface area (Å²) in [6, 6.07) is 5.72. The Morgan fingerprint density at radius 2 is 2.03 bits per heavy atom. The molecule has 0 bridgehead atoms. The van der Waals surface area contributed by atoms with Crippen molar-refractivity contribution in [1.29, 1.82) is 0 Å². The highest BCUT2D eigenvalue weighted by molar-refractivity contribution is 5.79. The van der Waals surface area contributed by atoms with Gasteiger partial charge in [-0.25, -0.2) is 14.1 Å². The van der Waals surface area contributed by atoms with Crippen molar-refractivity contribution >= 4 is 22.9 Å². The van der Waals surface area contributed by atoms with Crippen molar-refractivity contribution in [3.63, 3.8) is 0 Å². The molecule has 1 aliphatic rings. The molecule has 1 unspecified atom stereocenters. The Labute approximate surface area is 183 Å². The lowest BCUT2D eigenvalue weighted by Crippen LogP contribution is -2.43. The van der Waals surface area contributed by atoms with Gasteiger partial charge in [0.2, 0.25) is 5.91 Å². The number of carbonyl (C=O) groups excluding carboxylic acids is 2. The van der Waals surface area contributed by atoms with Crippen LogP contribution in [0.3, 0.4) is 0 Å². The maximum absolute atomic E-state index is 13.2. The predicted octanol–water partition coefficient (Wildman–Crippen LogP) is 1.91. The van der Waals surface area contributed by atoms with Crippen molar-refractivity contribution in [3.05, 3.63) is 53.0 Å². The molecule has 3 aromatic rings. The number of fused-ring (bicyclic) bond motifs is 1. The SMILES string of the molecule is CCOC(=O)C1CCCN(C(=O)CCn2cnc3c(cnn3-c3ccc(F)cc3)c2=O)C1. The lowest BCUT2D eigenvalue weighted by Gasteiger charge is -2.31. The van der Waals surface area contributed by atoms with Crippen LogP contribution in [0.4, 0.5) is 4.39 Å². The summed E-state index contributed by atoms with van der Waals surface area (Å²) in [6.07, 6.45) is 4.37. The highest BCUT2D eigenvalue weighted by Crippen LogP contribution is 2.19. The van der Waals surface area contributed by atoms with Crippen molar-refractivity contribution < 1.29 is 18.7 Å². The van der Waals surface area contributed by atoms with Gasteiger partial charge in [0.1, 0.15) is 11.2 Å². The van der Waals surface area contributed by atoms with E-state index in [2.05, 4.69) is 10.1 Å². The number of nitrogens with zero attached hydrogens (tertiary/aromatic N) is 5. The first-order valence-corrected chi connectivity index (χ1v) is 10.6. The number of piperidine rings is 1. The molecule has 4 rings (SSSR count). The van der Waals surface area contributed by atoms with E-state index in [0.29, 0.717) is 42.8 Å². The molecule has 0 aliphatic carbocycles. The number of aryl methyl sites for hydroxylation is 1. The van der Waals surface area contributed by atoms with Crippen LogP contribution in [0.25, 0.3) is 16.7 Å². The van der Waals surface area contributed by atoms with Crippen LogP contribution in [-0.2, 0) is 20.9 Å². The number of carbonyl (C=O) groups is 2. The second-order valence-corrected chi connectivity index (χ2v) is 7.69. The summed E-state index contributed by atoms with van der Waals surface area (Å²) < 4.78 is 21.1. The van der Waals surface area contributed by atoms with Gasteiger partial charge in [0.05, 0.1) is 30.7 Å². The molecule has 0 saturated carbocycles. The number of aromatic nitrogens is 4. The summed E-state index contributed by atoms with van der Waals surface area (Å²) in [5.74, 6) is -1.06. The molecule has 0 spiro atoms. The largest absolute Gasteiger partial charge is 0.466 e. The normalized spacial score (nSPS) is 16.3. The maximum atomic E-state index is 13.2. The standard InChI is InChI=1S/C22H24FN5O4/c1-2-32-22(31)15-4-3-10-26(13-15)19(29)9-11-27-14-24-20-18(21(27)30)12-25-28(20)17-7-5-16(23)6-8-17/h5-8,12,14-15H,2-4,9-11,13H2,1H3. The molecule has 10 heteroatoms. The lowest BCUT2D eigenvalue weighted by atomic mass is 9.98. The average Bonchev–Trinajstić information content (AvgIpc) is 3.24. The summed E-state index contributed by atoms with van der Waals surface area (Å²) in [4.78, 5) is 43.5. The van der Waals surface area contributed by atoms with E-state index >= 15 is 0 Å². The highest BCUT2D eigenvalue weighted by Gasteiger charge is 2.29. The lowest BCUT2D eigenvalue weighted by molar-refractivity contribution is -0.151. The average molecular weight is 441 g/mol. The topological polar surface area (TPSA) is 99.3 Å². The zero-order chi connectivity index (χ0) is 22.7. The monoisotopic (exact) mass is 441 g/mol. The molecule has 1 atom stereocenters. The zero-order valence-electron chi connectivity index (χ0n) is 17.7. The number of benzene rings is 1. The number of rotatable bonds is 6. The van der Waals surface area contributed by atoms with E-state index in [9.17, 15) is 18.8 Å². The molecule has 32 heavy (non-hydrogen) atoms. The fourth-order valence-electron chi connectivity index (χ4n) is 3.91. The Balaban J connectivity index is 1.45. The summed E-state index contributed by atoms with van der Waals surface area (Å²) in [5.41, 5.74) is 0.638. The third-order valence-electron chi connectivity index (χ3n) is 5.59. The fraction of sp³-hybridized carbons (Fsp3) is 0.409. The van der Waals surface area contributed by atoms with E-state index in [1.807, 2.05) is 0 Å². The minimum Gasteiger partial charge on any atom is -0.466 e. The van der Waals surface area contributed by atoms with Gasteiger partial charge in [-0.2, -0.15) is 5.10 Å². The molecular weight excluding hydrogens is 417 g/mol. The Bertz CT molecular complexity index is 1190. The number of hydrogen-bond donors (Lipinski definition) is 0. The minimum atomic E-state index is -0.368. The van der Waals surface area contributed by atoms with Crippen molar-refractivity contribution in [2.24, 2.45) is 5.92 Å². The third kappa shape index (κ3) is 4.39. The molecule has 1 aromatic carbocycles. The van der Waals surface area contributed by atoms with E-state index in [1.165, 1.54) is 33.9 Å². The molecule has 3 heterocycles. The highest BCUT2D eigenvalue weighted by atomic mass is 19.1. The maximum Gasteiger partial charge on any atom is 0.310 e. The molecule has 0 radical (unpaired) electrons. The fourth-order valence-corrected chi connectivity index (χ4v) is 3.91.